The zero-order valence-electron chi connectivity index (χ0n) is 12.2. The molecule has 2 N–H and O–H groups in total. The number of carbonyl (C=O) groups is 1. The van der Waals surface area contributed by atoms with Crippen LogP contribution in [0, 0.1) is 0 Å². The molecular formula is C14H26N2O3. The summed E-state index contributed by atoms with van der Waals surface area (Å²) >= 11 is 0. The number of rotatable bonds is 4. The van der Waals surface area contributed by atoms with Crippen LogP contribution in [-0.2, 0) is 9.53 Å². The summed E-state index contributed by atoms with van der Waals surface area (Å²) in [5, 5.41) is 13.9. The van der Waals surface area contributed by atoms with Crippen molar-refractivity contribution in [1.29, 1.82) is 0 Å². The van der Waals surface area contributed by atoms with Gasteiger partial charge in [-0.15, -0.1) is 0 Å². The Kier molecular flexibility index (Phi) is 4.48. The van der Waals surface area contributed by atoms with E-state index in [2.05, 4.69) is 5.32 Å². The third-order valence-electron chi connectivity index (χ3n) is 4.19. The number of nitrogens with one attached hydrogen (secondary N) is 1. The lowest BCUT2D eigenvalue weighted by Crippen LogP contribution is -2.57. The maximum Gasteiger partial charge on any atom is 0.239 e. The van der Waals surface area contributed by atoms with Crippen molar-refractivity contribution in [3.8, 4) is 0 Å². The first-order valence-corrected chi connectivity index (χ1v) is 7.31. The fourth-order valence-electron chi connectivity index (χ4n) is 2.96. The summed E-state index contributed by atoms with van der Waals surface area (Å²) in [4.78, 5) is 14.2. The van der Waals surface area contributed by atoms with Gasteiger partial charge < -0.3 is 20.1 Å². The second-order valence-electron chi connectivity index (χ2n) is 6.14. The second kappa shape index (κ2) is 5.77. The number of hydrogen-bond donors (Lipinski definition) is 2. The number of nitrogens with zero attached hydrogens (tertiary/aromatic N) is 1. The SMILES string of the molecule is CC(C)NC1CCCN(CC2(O)CCOC2C)C1=O. The smallest absolute Gasteiger partial charge is 0.239 e. The molecule has 2 heterocycles. The summed E-state index contributed by atoms with van der Waals surface area (Å²) in [7, 11) is 0. The Morgan fingerprint density at radius 3 is 2.89 bits per heavy atom. The van der Waals surface area contributed by atoms with Crippen LogP contribution in [-0.4, -0.2) is 59.4 Å². The molecule has 3 atom stereocenters. The minimum Gasteiger partial charge on any atom is -0.385 e. The molecule has 0 bridgehead atoms. The first kappa shape index (κ1) is 14.8. The van der Waals surface area contributed by atoms with Crippen LogP contribution < -0.4 is 5.32 Å². The molecule has 5 nitrogen and oxygen atoms in total. The van der Waals surface area contributed by atoms with Gasteiger partial charge in [-0.1, -0.05) is 13.8 Å². The van der Waals surface area contributed by atoms with Gasteiger partial charge >= 0.3 is 0 Å². The molecule has 110 valence electrons. The molecule has 1 amide bonds. The van der Waals surface area contributed by atoms with Gasteiger partial charge in [-0.3, -0.25) is 4.79 Å². The lowest BCUT2D eigenvalue weighted by Gasteiger charge is -2.38. The molecule has 2 rings (SSSR count). The van der Waals surface area contributed by atoms with Gasteiger partial charge in [-0.2, -0.15) is 0 Å². The maximum atomic E-state index is 12.4. The minimum atomic E-state index is -0.880. The third kappa shape index (κ3) is 3.27. The van der Waals surface area contributed by atoms with E-state index in [1.165, 1.54) is 0 Å². The van der Waals surface area contributed by atoms with Crippen LogP contribution in [0.5, 0.6) is 0 Å². The Hall–Kier alpha value is -0.650. The zero-order valence-corrected chi connectivity index (χ0v) is 12.2. The summed E-state index contributed by atoms with van der Waals surface area (Å²) in [6, 6.07) is 0.195. The first-order valence-electron chi connectivity index (χ1n) is 7.31. The highest BCUT2D eigenvalue weighted by atomic mass is 16.5. The molecule has 0 aromatic rings. The molecule has 19 heavy (non-hydrogen) atoms. The van der Waals surface area contributed by atoms with Gasteiger partial charge in [0.05, 0.1) is 18.7 Å². The number of carbonyl (C=O) groups excluding carboxylic acids is 1. The molecule has 0 spiro atoms. The van der Waals surface area contributed by atoms with Gasteiger partial charge in [-0.05, 0) is 19.8 Å². The Morgan fingerprint density at radius 2 is 2.32 bits per heavy atom. The van der Waals surface area contributed by atoms with Gasteiger partial charge in [0.25, 0.3) is 0 Å². The maximum absolute atomic E-state index is 12.4. The predicted molar refractivity (Wildman–Crippen MR) is 72.9 cm³/mol. The molecule has 0 radical (unpaired) electrons. The van der Waals surface area contributed by atoms with Gasteiger partial charge in [-0.25, -0.2) is 0 Å². The van der Waals surface area contributed by atoms with Crippen LogP contribution >= 0.6 is 0 Å². The molecule has 2 saturated heterocycles. The second-order valence-corrected chi connectivity index (χ2v) is 6.14. The van der Waals surface area contributed by atoms with Gasteiger partial charge in [0.15, 0.2) is 0 Å². The zero-order chi connectivity index (χ0) is 14.0. The van der Waals surface area contributed by atoms with Crippen molar-refractivity contribution in [3.05, 3.63) is 0 Å². The molecule has 2 fully saturated rings. The average Bonchev–Trinajstić information content (AvgIpc) is 2.64. The molecule has 3 unspecified atom stereocenters. The van der Waals surface area contributed by atoms with E-state index in [4.69, 9.17) is 4.74 Å². The predicted octanol–water partition coefficient (Wildman–Crippen LogP) is 0.515. The molecule has 0 aliphatic carbocycles. The summed E-state index contributed by atoms with van der Waals surface area (Å²) in [5.41, 5.74) is -0.880. The normalized spacial score (nSPS) is 36.3. The van der Waals surface area contributed by atoms with Gasteiger partial charge in [0.2, 0.25) is 5.91 Å². The van der Waals surface area contributed by atoms with E-state index in [1.54, 1.807) is 4.90 Å². The highest BCUT2D eigenvalue weighted by Crippen LogP contribution is 2.28. The van der Waals surface area contributed by atoms with E-state index in [1.807, 2.05) is 20.8 Å². The quantitative estimate of drug-likeness (QED) is 0.781. The summed E-state index contributed by atoms with van der Waals surface area (Å²) in [6.45, 7) is 7.69. The van der Waals surface area contributed by atoms with Crippen molar-refractivity contribution in [2.75, 3.05) is 19.7 Å². The lowest BCUT2D eigenvalue weighted by molar-refractivity contribution is -0.141. The summed E-state index contributed by atoms with van der Waals surface area (Å²) in [6.07, 6.45) is 2.29. The Labute approximate surface area is 115 Å². The van der Waals surface area contributed by atoms with E-state index in [-0.39, 0.29) is 18.1 Å². The van der Waals surface area contributed by atoms with Crippen LogP contribution in [0.4, 0.5) is 0 Å². The van der Waals surface area contributed by atoms with Crippen molar-refractivity contribution in [1.82, 2.24) is 10.2 Å². The number of β-amino-alcohol motifs (C(OH)–C–C–N with tert-alkyl or cyclic N) is 1. The van der Waals surface area contributed by atoms with E-state index in [0.717, 1.165) is 19.4 Å². The number of aliphatic hydroxyl groups is 1. The van der Waals surface area contributed by atoms with Crippen molar-refractivity contribution in [2.24, 2.45) is 0 Å². The van der Waals surface area contributed by atoms with E-state index in [9.17, 15) is 9.90 Å². The van der Waals surface area contributed by atoms with E-state index in [0.29, 0.717) is 25.6 Å². The highest BCUT2D eigenvalue weighted by molar-refractivity contribution is 5.82. The molecule has 5 heteroatoms. The van der Waals surface area contributed by atoms with E-state index < -0.39 is 5.60 Å². The Balaban J connectivity index is 1.98. The Bertz CT molecular complexity index is 335. The summed E-state index contributed by atoms with van der Waals surface area (Å²) in [5.74, 6) is 0.118. The molecule has 2 aliphatic rings. The molecule has 0 aromatic heterocycles. The topological polar surface area (TPSA) is 61.8 Å². The molecule has 2 aliphatic heterocycles. The fraction of sp³-hybridized carbons (Fsp3) is 0.929. The molecule has 0 aromatic carbocycles. The fourth-order valence-corrected chi connectivity index (χ4v) is 2.96. The molecular weight excluding hydrogens is 244 g/mol. The lowest BCUT2D eigenvalue weighted by atomic mass is 9.94. The van der Waals surface area contributed by atoms with Crippen molar-refractivity contribution >= 4 is 5.91 Å². The van der Waals surface area contributed by atoms with Crippen LogP contribution in [0.25, 0.3) is 0 Å². The van der Waals surface area contributed by atoms with Crippen molar-refractivity contribution < 1.29 is 14.6 Å². The van der Waals surface area contributed by atoms with Gasteiger partial charge in [0.1, 0.15) is 5.60 Å². The number of amides is 1. The Morgan fingerprint density at radius 1 is 1.58 bits per heavy atom. The minimum absolute atomic E-state index is 0.102. The highest BCUT2D eigenvalue weighted by Gasteiger charge is 2.43. The summed E-state index contributed by atoms with van der Waals surface area (Å²) < 4.78 is 5.43. The first-order chi connectivity index (χ1) is 8.92. The van der Waals surface area contributed by atoms with Crippen molar-refractivity contribution in [2.45, 2.75) is 63.8 Å². The third-order valence-corrected chi connectivity index (χ3v) is 4.19. The van der Waals surface area contributed by atoms with Gasteiger partial charge in [0, 0.05) is 25.6 Å². The van der Waals surface area contributed by atoms with Crippen LogP contribution in [0.3, 0.4) is 0 Å². The number of ether oxygens (including phenoxy) is 1. The molecule has 0 saturated carbocycles. The van der Waals surface area contributed by atoms with Crippen molar-refractivity contribution in [3.63, 3.8) is 0 Å². The number of piperidine rings is 1. The van der Waals surface area contributed by atoms with Crippen LogP contribution in [0.15, 0.2) is 0 Å². The standard InChI is InChI=1S/C14H26N2O3/c1-10(2)15-12-5-4-7-16(13(12)17)9-14(18)6-8-19-11(14)3/h10-12,15,18H,4-9H2,1-3H3. The average molecular weight is 270 g/mol. The number of hydrogen-bond acceptors (Lipinski definition) is 4. The monoisotopic (exact) mass is 270 g/mol. The number of likely N-dealkylation sites (tertiary alicyclic amines) is 1. The largest absolute Gasteiger partial charge is 0.385 e. The van der Waals surface area contributed by atoms with Crippen LogP contribution in [0.1, 0.15) is 40.0 Å². The van der Waals surface area contributed by atoms with E-state index >= 15 is 0 Å². The van der Waals surface area contributed by atoms with Crippen LogP contribution in [0.2, 0.25) is 0 Å².